The highest BCUT2D eigenvalue weighted by Crippen LogP contribution is 2.24. The molecule has 1 unspecified atom stereocenters. The molecule has 0 radical (unpaired) electrons. The van der Waals surface area contributed by atoms with Crippen LogP contribution >= 0.6 is 15.9 Å². The van der Waals surface area contributed by atoms with Gasteiger partial charge in [0.05, 0.1) is 16.6 Å². The summed E-state index contributed by atoms with van der Waals surface area (Å²) in [5, 5.41) is 0. The number of ketones is 1. The highest BCUT2D eigenvalue weighted by atomic mass is 79.9. The highest BCUT2D eigenvalue weighted by Gasteiger charge is 2.16. The van der Waals surface area contributed by atoms with E-state index in [1.165, 1.54) is 17.5 Å². The molecular weight excluding hydrogens is 348 g/mol. The topological polar surface area (TPSA) is 34.1 Å². The van der Waals surface area contributed by atoms with Crippen molar-refractivity contribution >= 4 is 32.5 Å². The maximum atomic E-state index is 12.4. The molecule has 21 heavy (non-hydrogen) atoms. The van der Waals surface area contributed by atoms with Crippen LogP contribution in [0.2, 0.25) is 0 Å². The molecule has 2 aromatic rings. The molecule has 1 atom stereocenters. The van der Waals surface area contributed by atoms with Crippen molar-refractivity contribution in [3.05, 3.63) is 63.6 Å². The van der Waals surface area contributed by atoms with E-state index in [1.807, 2.05) is 24.3 Å². The normalized spacial score (nSPS) is 14.7. The lowest BCUT2D eigenvalue weighted by Crippen LogP contribution is -2.11. The van der Waals surface area contributed by atoms with E-state index in [-0.39, 0.29) is 11.5 Å². The molecule has 2 aromatic carbocycles. The van der Waals surface area contributed by atoms with Gasteiger partial charge in [-0.2, -0.15) is 0 Å². The van der Waals surface area contributed by atoms with Gasteiger partial charge in [0.25, 0.3) is 0 Å². The molecule has 0 bridgehead atoms. The molecule has 0 spiro atoms. The van der Waals surface area contributed by atoms with Gasteiger partial charge in [0, 0.05) is 14.9 Å². The zero-order valence-electron chi connectivity index (χ0n) is 11.5. The van der Waals surface area contributed by atoms with Crippen LogP contribution in [-0.4, -0.2) is 15.7 Å². The summed E-state index contributed by atoms with van der Waals surface area (Å²) in [4.78, 5) is 12.9. The maximum Gasteiger partial charge on any atom is 0.175 e. The number of hydrogen-bond donors (Lipinski definition) is 0. The molecule has 2 nitrogen and oxygen atoms in total. The van der Waals surface area contributed by atoms with Crippen LogP contribution in [0.1, 0.15) is 27.9 Å². The van der Waals surface area contributed by atoms with E-state index >= 15 is 0 Å². The Hall–Kier alpha value is -1.26. The number of rotatable bonds is 4. The Morgan fingerprint density at radius 1 is 1.05 bits per heavy atom. The predicted octanol–water partition coefficient (Wildman–Crippen LogP) is 3.93. The SMILES string of the molecule is O=C(CS(=O)c1ccc2c(c1)CCC2)c1ccc(Br)cc1. The summed E-state index contributed by atoms with van der Waals surface area (Å²) in [5.74, 6) is -0.0400. The van der Waals surface area contributed by atoms with Gasteiger partial charge in [-0.05, 0) is 54.7 Å². The molecule has 0 heterocycles. The second kappa shape index (κ2) is 6.24. The first-order valence-corrected chi connectivity index (χ1v) is 9.03. The average molecular weight is 363 g/mol. The summed E-state index contributed by atoms with van der Waals surface area (Å²) in [6, 6.07) is 13.1. The fourth-order valence-corrected chi connectivity index (χ4v) is 3.94. The number of aryl methyl sites for hydroxylation is 2. The molecule has 0 N–H and O–H groups in total. The Kier molecular flexibility index (Phi) is 4.36. The molecule has 0 aromatic heterocycles. The van der Waals surface area contributed by atoms with Crippen molar-refractivity contribution in [1.29, 1.82) is 0 Å². The average Bonchev–Trinajstić information content (AvgIpc) is 2.95. The Morgan fingerprint density at radius 2 is 1.76 bits per heavy atom. The molecule has 108 valence electrons. The molecule has 4 heteroatoms. The van der Waals surface area contributed by atoms with E-state index in [2.05, 4.69) is 22.0 Å². The Labute approximate surface area is 135 Å². The van der Waals surface area contributed by atoms with E-state index in [4.69, 9.17) is 0 Å². The molecule has 3 rings (SSSR count). The van der Waals surface area contributed by atoms with Crippen molar-refractivity contribution in [2.75, 3.05) is 5.75 Å². The maximum absolute atomic E-state index is 12.4. The molecule has 1 aliphatic carbocycles. The second-order valence-corrected chi connectivity index (χ2v) is 7.57. The second-order valence-electron chi connectivity index (χ2n) is 5.20. The zero-order chi connectivity index (χ0) is 14.8. The molecule has 0 aliphatic heterocycles. The first-order chi connectivity index (χ1) is 10.1. The summed E-state index contributed by atoms with van der Waals surface area (Å²) in [7, 11) is -1.27. The van der Waals surface area contributed by atoms with E-state index in [0.717, 1.165) is 22.2 Å². The van der Waals surface area contributed by atoms with Crippen LogP contribution < -0.4 is 0 Å². The quantitative estimate of drug-likeness (QED) is 0.772. The fraction of sp³-hybridized carbons (Fsp3) is 0.235. The first kappa shape index (κ1) is 14.7. The molecule has 0 fully saturated rings. The van der Waals surface area contributed by atoms with Crippen molar-refractivity contribution < 1.29 is 9.00 Å². The fourth-order valence-electron chi connectivity index (χ4n) is 2.61. The minimum atomic E-state index is -1.27. The molecule has 1 aliphatic rings. The highest BCUT2D eigenvalue weighted by molar-refractivity contribution is 9.10. The van der Waals surface area contributed by atoms with Crippen LogP contribution in [0.4, 0.5) is 0 Å². The van der Waals surface area contributed by atoms with Crippen LogP contribution in [0.5, 0.6) is 0 Å². The van der Waals surface area contributed by atoms with Crippen molar-refractivity contribution in [2.45, 2.75) is 24.2 Å². The number of halogens is 1. The van der Waals surface area contributed by atoms with Gasteiger partial charge in [-0.25, -0.2) is 0 Å². The summed E-state index contributed by atoms with van der Waals surface area (Å²) < 4.78 is 13.3. The number of Topliss-reactive ketones (excluding diaryl/α,β-unsaturated/α-hetero) is 1. The summed E-state index contributed by atoms with van der Waals surface area (Å²) in [6.45, 7) is 0. The number of carbonyl (C=O) groups excluding carboxylic acids is 1. The van der Waals surface area contributed by atoms with Gasteiger partial charge in [0.2, 0.25) is 0 Å². The third-order valence-electron chi connectivity index (χ3n) is 3.76. The standard InChI is InChI=1S/C17H15BrO2S/c18-15-7-4-13(5-8-15)17(19)11-21(20)16-9-6-12-2-1-3-14(12)10-16/h4-10H,1-3,11H2. The van der Waals surface area contributed by atoms with Crippen LogP contribution in [0.25, 0.3) is 0 Å². The molecule has 0 amide bonds. The number of carbonyl (C=O) groups is 1. The van der Waals surface area contributed by atoms with Gasteiger partial charge in [0.1, 0.15) is 0 Å². The Bertz CT molecular complexity index is 707. The smallest absolute Gasteiger partial charge is 0.175 e. The number of fused-ring (bicyclic) bond motifs is 1. The van der Waals surface area contributed by atoms with Gasteiger partial charge >= 0.3 is 0 Å². The Balaban J connectivity index is 1.74. The lowest BCUT2D eigenvalue weighted by atomic mass is 10.1. The van der Waals surface area contributed by atoms with Gasteiger partial charge < -0.3 is 0 Å². The molecular formula is C17H15BrO2S. The Morgan fingerprint density at radius 3 is 2.52 bits per heavy atom. The summed E-state index contributed by atoms with van der Waals surface area (Å²) >= 11 is 3.34. The molecule has 0 saturated carbocycles. The minimum Gasteiger partial charge on any atom is -0.293 e. The van der Waals surface area contributed by atoms with Crippen LogP contribution in [0.15, 0.2) is 51.8 Å². The van der Waals surface area contributed by atoms with Crippen molar-refractivity contribution in [3.63, 3.8) is 0 Å². The lowest BCUT2D eigenvalue weighted by Gasteiger charge is -2.05. The van der Waals surface area contributed by atoms with Crippen molar-refractivity contribution in [3.8, 4) is 0 Å². The minimum absolute atomic E-state index is 0.0421. The van der Waals surface area contributed by atoms with Gasteiger partial charge in [-0.3, -0.25) is 9.00 Å². The summed E-state index contributed by atoms with van der Waals surface area (Å²) in [6.07, 6.45) is 3.34. The number of benzene rings is 2. The van der Waals surface area contributed by atoms with Crippen molar-refractivity contribution in [1.82, 2.24) is 0 Å². The third kappa shape index (κ3) is 3.33. The van der Waals surface area contributed by atoms with Crippen LogP contribution in [-0.2, 0) is 23.6 Å². The zero-order valence-corrected chi connectivity index (χ0v) is 13.9. The van der Waals surface area contributed by atoms with E-state index in [9.17, 15) is 9.00 Å². The van der Waals surface area contributed by atoms with Crippen LogP contribution in [0.3, 0.4) is 0 Å². The van der Waals surface area contributed by atoms with Gasteiger partial charge in [0.15, 0.2) is 5.78 Å². The molecule has 0 saturated heterocycles. The summed E-state index contributed by atoms with van der Waals surface area (Å²) in [5.41, 5.74) is 3.25. The van der Waals surface area contributed by atoms with E-state index < -0.39 is 10.8 Å². The van der Waals surface area contributed by atoms with Gasteiger partial charge in [-0.15, -0.1) is 0 Å². The van der Waals surface area contributed by atoms with E-state index in [0.29, 0.717) is 5.56 Å². The predicted molar refractivity (Wildman–Crippen MR) is 88.2 cm³/mol. The third-order valence-corrected chi connectivity index (χ3v) is 5.59. The monoisotopic (exact) mass is 362 g/mol. The lowest BCUT2D eigenvalue weighted by molar-refractivity contribution is 0.102. The largest absolute Gasteiger partial charge is 0.293 e. The van der Waals surface area contributed by atoms with Crippen molar-refractivity contribution in [2.24, 2.45) is 0 Å². The van der Waals surface area contributed by atoms with Crippen LogP contribution in [0, 0.1) is 0 Å². The first-order valence-electron chi connectivity index (χ1n) is 6.92. The van der Waals surface area contributed by atoms with Gasteiger partial charge in [-0.1, -0.05) is 34.1 Å². The number of hydrogen-bond acceptors (Lipinski definition) is 2. The van der Waals surface area contributed by atoms with E-state index in [1.54, 1.807) is 12.1 Å².